The molecule has 1 unspecified atom stereocenters. The van der Waals surface area contributed by atoms with E-state index >= 15 is 0 Å². The lowest BCUT2D eigenvalue weighted by Gasteiger charge is -2.17. The van der Waals surface area contributed by atoms with Crippen LogP contribution in [-0.2, 0) is 10.6 Å². The van der Waals surface area contributed by atoms with Crippen molar-refractivity contribution in [1.29, 1.82) is 0 Å². The summed E-state index contributed by atoms with van der Waals surface area (Å²) in [6.45, 7) is 2.18. The van der Waals surface area contributed by atoms with Gasteiger partial charge in [0.15, 0.2) is 0 Å². The topological polar surface area (TPSA) is 15.5 Å². The highest BCUT2D eigenvalue weighted by Crippen LogP contribution is 2.54. The molecule has 4 rings (SSSR count). The fraction of sp³-hybridized carbons (Fsp3) is 0.143. The van der Waals surface area contributed by atoms with Crippen molar-refractivity contribution in [2.75, 3.05) is 0 Å². The van der Waals surface area contributed by atoms with E-state index in [1.807, 2.05) is 18.2 Å². The number of benzene rings is 3. The summed E-state index contributed by atoms with van der Waals surface area (Å²) in [4.78, 5) is 6.23. The molecule has 0 N–H and O–H groups in total. The molecule has 114 valence electrons. The van der Waals surface area contributed by atoms with Crippen molar-refractivity contribution in [2.24, 2.45) is 0 Å². The van der Waals surface area contributed by atoms with Crippen LogP contribution in [0.15, 0.2) is 91.0 Å². The van der Waals surface area contributed by atoms with Crippen LogP contribution in [0.4, 0.5) is 0 Å². The Bertz CT molecular complexity index is 731. The molecule has 23 heavy (non-hydrogen) atoms. The Morgan fingerprint density at radius 3 is 1.61 bits per heavy atom. The summed E-state index contributed by atoms with van der Waals surface area (Å²) in [5.74, 6) is 0. The Hall–Kier alpha value is -2.42. The van der Waals surface area contributed by atoms with Crippen LogP contribution in [0, 0.1) is 0 Å². The number of hydrogen-bond donors (Lipinski definition) is 0. The molecule has 0 radical (unpaired) electrons. The minimum Gasteiger partial charge on any atom is -0.260 e. The van der Waals surface area contributed by atoms with Gasteiger partial charge in [-0.1, -0.05) is 91.0 Å². The van der Waals surface area contributed by atoms with E-state index in [0.717, 1.165) is 11.1 Å². The summed E-state index contributed by atoms with van der Waals surface area (Å²) in [5, 5.41) is 2.09. The smallest absolute Gasteiger partial charge is 0.216 e. The molecule has 0 spiro atoms. The second-order valence-corrected chi connectivity index (χ2v) is 5.88. The molecule has 3 aromatic rings. The Morgan fingerprint density at radius 2 is 1.13 bits per heavy atom. The van der Waals surface area contributed by atoms with Gasteiger partial charge in [0.25, 0.3) is 0 Å². The van der Waals surface area contributed by atoms with Crippen molar-refractivity contribution in [3.8, 4) is 0 Å². The molecule has 2 heteroatoms. The van der Waals surface area contributed by atoms with E-state index in [2.05, 4.69) is 84.8 Å². The lowest BCUT2D eigenvalue weighted by molar-refractivity contribution is 0.154. The first kappa shape index (κ1) is 14.2. The first-order valence-corrected chi connectivity index (χ1v) is 7.97. The summed E-state index contributed by atoms with van der Waals surface area (Å²) in [6.07, 6.45) is 0. The third-order valence-corrected chi connectivity index (χ3v) is 4.47. The van der Waals surface area contributed by atoms with E-state index in [1.165, 1.54) is 5.56 Å². The Labute approximate surface area is 136 Å². The average molecular weight is 301 g/mol. The van der Waals surface area contributed by atoms with Gasteiger partial charge in [0.05, 0.1) is 6.04 Å². The molecule has 0 saturated carbocycles. The van der Waals surface area contributed by atoms with E-state index in [-0.39, 0.29) is 6.04 Å². The molecule has 2 atom stereocenters. The van der Waals surface area contributed by atoms with Gasteiger partial charge in [-0.25, -0.2) is 0 Å². The first-order valence-electron chi connectivity index (χ1n) is 7.97. The Morgan fingerprint density at radius 1 is 0.696 bits per heavy atom. The average Bonchev–Trinajstić information content (AvgIpc) is 3.40. The molecule has 0 bridgehead atoms. The number of hydroxylamine groups is 2. The normalized spacial score (nSPS) is 20.0. The molecule has 2 nitrogen and oxygen atoms in total. The van der Waals surface area contributed by atoms with Gasteiger partial charge >= 0.3 is 0 Å². The van der Waals surface area contributed by atoms with E-state index in [4.69, 9.17) is 4.84 Å². The van der Waals surface area contributed by atoms with E-state index in [0.29, 0.717) is 0 Å². The number of rotatable bonds is 4. The van der Waals surface area contributed by atoms with Gasteiger partial charge in [-0.05, 0) is 12.5 Å². The zero-order valence-corrected chi connectivity index (χ0v) is 13.1. The molecular formula is C21H19NO. The molecular weight excluding hydrogens is 282 g/mol. The van der Waals surface area contributed by atoms with Crippen molar-refractivity contribution in [1.82, 2.24) is 5.06 Å². The van der Waals surface area contributed by atoms with Crippen molar-refractivity contribution < 1.29 is 4.84 Å². The van der Waals surface area contributed by atoms with E-state index in [9.17, 15) is 0 Å². The first-order chi connectivity index (χ1) is 11.3. The van der Waals surface area contributed by atoms with Crippen LogP contribution in [-0.4, -0.2) is 5.06 Å². The largest absolute Gasteiger partial charge is 0.260 e. The highest BCUT2D eigenvalue weighted by molar-refractivity contribution is 5.39. The monoisotopic (exact) mass is 301 g/mol. The predicted molar refractivity (Wildman–Crippen MR) is 91.4 cm³/mol. The second kappa shape index (κ2) is 5.65. The standard InChI is InChI=1S/C21H19NO/c1-17(18-11-5-2-6-12-18)22-21(23-22,19-13-7-3-8-14-19)20-15-9-4-10-16-20/h2-17H,1H3/t17-,22?/m0/s1. The Kier molecular flexibility index (Phi) is 3.49. The molecule has 0 aliphatic carbocycles. The summed E-state index contributed by atoms with van der Waals surface area (Å²) in [6, 6.07) is 31.5. The Balaban J connectivity index is 1.76. The summed E-state index contributed by atoms with van der Waals surface area (Å²) >= 11 is 0. The molecule has 0 amide bonds. The third-order valence-electron chi connectivity index (χ3n) is 4.47. The van der Waals surface area contributed by atoms with Gasteiger partial charge in [-0.3, -0.25) is 4.84 Å². The fourth-order valence-corrected chi connectivity index (χ4v) is 3.20. The van der Waals surface area contributed by atoms with Crippen molar-refractivity contribution in [3.05, 3.63) is 108 Å². The van der Waals surface area contributed by atoms with Crippen LogP contribution in [0.2, 0.25) is 0 Å². The predicted octanol–water partition coefficient (Wildman–Crippen LogP) is 4.90. The number of hydrogen-bond acceptors (Lipinski definition) is 2. The summed E-state index contributed by atoms with van der Waals surface area (Å²) < 4.78 is 0. The lowest BCUT2D eigenvalue weighted by atomic mass is 9.95. The summed E-state index contributed by atoms with van der Waals surface area (Å²) in [5.41, 5.74) is 3.09. The highest BCUT2D eigenvalue weighted by Gasteiger charge is 2.60. The van der Waals surface area contributed by atoms with Gasteiger partial charge in [0.2, 0.25) is 5.72 Å². The molecule has 3 aromatic carbocycles. The van der Waals surface area contributed by atoms with Gasteiger partial charge in [-0.15, -0.1) is 5.06 Å². The quantitative estimate of drug-likeness (QED) is 0.637. The van der Waals surface area contributed by atoms with Gasteiger partial charge in [0.1, 0.15) is 0 Å². The number of nitrogens with zero attached hydrogens (tertiary/aromatic N) is 1. The van der Waals surface area contributed by atoms with Crippen LogP contribution < -0.4 is 0 Å². The van der Waals surface area contributed by atoms with Gasteiger partial charge < -0.3 is 0 Å². The van der Waals surface area contributed by atoms with Crippen LogP contribution in [0.1, 0.15) is 29.7 Å². The zero-order chi connectivity index (χ0) is 15.7. The van der Waals surface area contributed by atoms with Crippen molar-refractivity contribution in [2.45, 2.75) is 18.7 Å². The zero-order valence-electron chi connectivity index (χ0n) is 13.1. The minimum absolute atomic E-state index is 0.177. The van der Waals surface area contributed by atoms with Gasteiger partial charge in [-0.2, -0.15) is 0 Å². The molecule has 1 fully saturated rings. The lowest BCUT2D eigenvalue weighted by Crippen LogP contribution is -2.20. The van der Waals surface area contributed by atoms with E-state index in [1.54, 1.807) is 0 Å². The maximum absolute atomic E-state index is 6.23. The molecule has 0 aromatic heterocycles. The van der Waals surface area contributed by atoms with Crippen molar-refractivity contribution >= 4 is 0 Å². The van der Waals surface area contributed by atoms with Crippen LogP contribution in [0.25, 0.3) is 0 Å². The summed E-state index contributed by atoms with van der Waals surface area (Å²) in [7, 11) is 0. The molecule has 1 saturated heterocycles. The SMILES string of the molecule is C[C@@H](c1ccccc1)N1OC1(c1ccccc1)c1ccccc1. The van der Waals surface area contributed by atoms with Crippen LogP contribution in [0.5, 0.6) is 0 Å². The van der Waals surface area contributed by atoms with Crippen LogP contribution in [0.3, 0.4) is 0 Å². The molecule has 1 aliphatic heterocycles. The maximum atomic E-state index is 6.23. The van der Waals surface area contributed by atoms with E-state index < -0.39 is 5.72 Å². The molecule has 1 heterocycles. The molecule has 1 aliphatic rings. The van der Waals surface area contributed by atoms with Gasteiger partial charge in [0, 0.05) is 11.1 Å². The second-order valence-electron chi connectivity index (χ2n) is 5.88. The van der Waals surface area contributed by atoms with Crippen LogP contribution >= 0.6 is 0 Å². The maximum Gasteiger partial charge on any atom is 0.216 e. The third kappa shape index (κ3) is 2.37. The minimum atomic E-state index is -0.488. The highest BCUT2D eigenvalue weighted by atomic mass is 16.9. The fourth-order valence-electron chi connectivity index (χ4n) is 3.20. The van der Waals surface area contributed by atoms with Crippen molar-refractivity contribution in [3.63, 3.8) is 0 Å².